The summed E-state index contributed by atoms with van der Waals surface area (Å²) in [6.45, 7) is 13.2. The lowest BCUT2D eigenvalue weighted by Crippen LogP contribution is -2.13. The zero-order valence-corrected chi connectivity index (χ0v) is 16.5. The van der Waals surface area contributed by atoms with Crippen molar-refractivity contribution in [3.05, 3.63) is 53.5 Å². The molecule has 0 atom stereocenters. The van der Waals surface area contributed by atoms with Gasteiger partial charge in [0, 0.05) is 16.7 Å². The standard InChI is InChI=1S/C22H27N3O/c1-7-26-18-12-11-16(13-14(18)2)19-20(17-10-8-9-15(3)23-17)25-21(24-19)22(4,5)6/h8-13H,7H2,1-6H3,(H,24,25). The number of aromatic nitrogens is 3. The third-order valence-electron chi connectivity index (χ3n) is 4.31. The van der Waals surface area contributed by atoms with Gasteiger partial charge in [-0.2, -0.15) is 0 Å². The lowest BCUT2D eigenvalue weighted by molar-refractivity contribution is 0.338. The Morgan fingerprint density at radius 3 is 2.42 bits per heavy atom. The summed E-state index contributed by atoms with van der Waals surface area (Å²) in [7, 11) is 0. The number of nitrogens with one attached hydrogen (secondary N) is 1. The molecule has 0 saturated carbocycles. The van der Waals surface area contributed by atoms with Crippen LogP contribution in [0.5, 0.6) is 5.75 Å². The van der Waals surface area contributed by atoms with Gasteiger partial charge in [-0.1, -0.05) is 26.8 Å². The van der Waals surface area contributed by atoms with Gasteiger partial charge in [-0.25, -0.2) is 4.98 Å². The molecule has 0 fully saturated rings. The van der Waals surface area contributed by atoms with Crippen molar-refractivity contribution in [2.75, 3.05) is 6.61 Å². The minimum atomic E-state index is -0.0723. The zero-order chi connectivity index (χ0) is 18.9. The summed E-state index contributed by atoms with van der Waals surface area (Å²) in [5.41, 5.74) is 5.89. The minimum absolute atomic E-state index is 0.0723. The van der Waals surface area contributed by atoms with E-state index in [9.17, 15) is 0 Å². The van der Waals surface area contributed by atoms with Gasteiger partial charge in [0.2, 0.25) is 0 Å². The maximum atomic E-state index is 5.68. The van der Waals surface area contributed by atoms with E-state index < -0.39 is 0 Å². The van der Waals surface area contributed by atoms with Crippen LogP contribution in [0.4, 0.5) is 0 Å². The Hall–Kier alpha value is -2.62. The number of imidazole rings is 1. The summed E-state index contributed by atoms with van der Waals surface area (Å²) in [6, 6.07) is 12.3. The third-order valence-corrected chi connectivity index (χ3v) is 4.31. The molecule has 136 valence electrons. The van der Waals surface area contributed by atoms with Crippen molar-refractivity contribution in [3.63, 3.8) is 0 Å². The van der Waals surface area contributed by atoms with Crippen LogP contribution in [0.15, 0.2) is 36.4 Å². The molecule has 3 aromatic rings. The number of hydrogen-bond donors (Lipinski definition) is 1. The predicted octanol–water partition coefficient (Wildman–Crippen LogP) is 5.45. The maximum absolute atomic E-state index is 5.68. The number of aryl methyl sites for hydroxylation is 2. The molecule has 4 heteroatoms. The molecule has 4 nitrogen and oxygen atoms in total. The van der Waals surface area contributed by atoms with Crippen LogP contribution in [0.3, 0.4) is 0 Å². The van der Waals surface area contributed by atoms with Gasteiger partial charge in [-0.15, -0.1) is 0 Å². The second-order valence-corrected chi connectivity index (χ2v) is 7.64. The summed E-state index contributed by atoms with van der Waals surface area (Å²) in [5.74, 6) is 1.87. The van der Waals surface area contributed by atoms with Crippen LogP contribution in [0, 0.1) is 13.8 Å². The first kappa shape index (κ1) is 18.2. The number of ether oxygens (including phenoxy) is 1. The third kappa shape index (κ3) is 3.64. The number of aromatic amines is 1. The van der Waals surface area contributed by atoms with E-state index in [4.69, 9.17) is 9.72 Å². The summed E-state index contributed by atoms with van der Waals surface area (Å²) >= 11 is 0. The Labute approximate surface area is 155 Å². The monoisotopic (exact) mass is 349 g/mol. The molecule has 0 aliphatic rings. The first-order chi connectivity index (χ1) is 12.3. The Kier molecular flexibility index (Phi) is 4.86. The molecule has 0 unspecified atom stereocenters. The van der Waals surface area contributed by atoms with Crippen molar-refractivity contribution < 1.29 is 4.74 Å². The Morgan fingerprint density at radius 1 is 1.04 bits per heavy atom. The fourth-order valence-corrected chi connectivity index (χ4v) is 2.92. The van der Waals surface area contributed by atoms with E-state index in [0.29, 0.717) is 6.61 Å². The van der Waals surface area contributed by atoms with Crippen molar-refractivity contribution in [2.45, 2.75) is 47.0 Å². The van der Waals surface area contributed by atoms with Gasteiger partial charge < -0.3 is 9.72 Å². The number of nitrogens with zero attached hydrogens (tertiary/aromatic N) is 2. The lowest BCUT2D eigenvalue weighted by atomic mass is 9.96. The van der Waals surface area contributed by atoms with Crippen molar-refractivity contribution >= 4 is 0 Å². The first-order valence-corrected chi connectivity index (χ1v) is 9.08. The highest BCUT2D eigenvalue weighted by Gasteiger charge is 2.23. The molecule has 26 heavy (non-hydrogen) atoms. The molecule has 1 aromatic carbocycles. The molecular weight excluding hydrogens is 322 g/mol. The van der Waals surface area contributed by atoms with E-state index in [0.717, 1.165) is 45.5 Å². The second kappa shape index (κ2) is 6.94. The average molecular weight is 349 g/mol. The van der Waals surface area contributed by atoms with E-state index in [2.05, 4.69) is 49.8 Å². The predicted molar refractivity (Wildman–Crippen MR) is 107 cm³/mol. The van der Waals surface area contributed by atoms with Crippen LogP contribution in [0.1, 0.15) is 44.8 Å². The Balaban J connectivity index is 2.17. The smallest absolute Gasteiger partial charge is 0.122 e. The SMILES string of the molecule is CCOc1ccc(-c2[nH]c(C(C)(C)C)nc2-c2cccc(C)n2)cc1C. The summed E-state index contributed by atoms with van der Waals surface area (Å²) < 4.78 is 5.68. The average Bonchev–Trinajstić information content (AvgIpc) is 3.02. The van der Waals surface area contributed by atoms with Crippen LogP contribution in [0.2, 0.25) is 0 Å². The highest BCUT2D eigenvalue weighted by molar-refractivity contribution is 5.77. The molecule has 0 radical (unpaired) electrons. The number of pyridine rings is 1. The van der Waals surface area contributed by atoms with Gasteiger partial charge in [0.1, 0.15) is 17.3 Å². The van der Waals surface area contributed by atoms with Gasteiger partial charge in [0.05, 0.1) is 18.0 Å². The molecule has 2 aromatic heterocycles. The summed E-state index contributed by atoms with van der Waals surface area (Å²) in [5, 5.41) is 0. The van der Waals surface area contributed by atoms with E-state index in [1.165, 1.54) is 0 Å². The number of rotatable bonds is 4. The van der Waals surface area contributed by atoms with Crippen molar-refractivity contribution in [1.82, 2.24) is 15.0 Å². The van der Waals surface area contributed by atoms with Crippen LogP contribution in [-0.4, -0.2) is 21.6 Å². The van der Waals surface area contributed by atoms with E-state index in [-0.39, 0.29) is 5.41 Å². The minimum Gasteiger partial charge on any atom is -0.494 e. The van der Waals surface area contributed by atoms with Crippen molar-refractivity contribution in [3.8, 4) is 28.4 Å². The van der Waals surface area contributed by atoms with Crippen molar-refractivity contribution in [1.29, 1.82) is 0 Å². The number of H-pyrrole nitrogens is 1. The number of hydrogen-bond acceptors (Lipinski definition) is 3. The van der Waals surface area contributed by atoms with Crippen LogP contribution in [-0.2, 0) is 5.41 Å². The topological polar surface area (TPSA) is 50.8 Å². The molecule has 0 amide bonds. The molecule has 0 aliphatic carbocycles. The molecule has 2 heterocycles. The number of benzene rings is 1. The summed E-state index contributed by atoms with van der Waals surface area (Å²) in [6.07, 6.45) is 0. The highest BCUT2D eigenvalue weighted by atomic mass is 16.5. The molecule has 0 aliphatic heterocycles. The van der Waals surface area contributed by atoms with Gasteiger partial charge in [-0.3, -0.25) is 4.98 Å². The van der Waals surface area contributed by atoms with E-state index in [1.807, 2.05) is 38.1 Å². The van der Waals surface area contributed by atoms with Crippen molar-refractivity contribution in [2.24, 2.45) is 0 Å². The van der Waals surface area contributed by atoms with E-state index >= 15 is 0 Å². The van der Waals surface area contributed by atoms with E-state index in [1.54, 1.807) is 0 Å². The van der Waals surface area contributed by atoms with Gasteiger partial charge in [0.25, 0.3) is 0 Å². The Bertz CT molecular complexity index is 919. The van der Waals surface area contributed by atoms with Gasteiger partial charge in [0.15, 0.2) is 0 Å². The fourth-order valence-electron chi connectivity index (χ4n) is 2.92. The molecular formula is C22H27N3O. The molecule has 3 rings (SSSR count). The normalized spacial score (nSPS) is 11.6. The van der Waals surface area contributed by atoms with Crippen LogP contribution in [0.25, 0.3) is 22.6 Å². The quantitative estimate of drug-likeness (QED) is 0.681. The van der Waals surface area contributed by atoms with Crippen LogP contribution >= 0.6 is 0 Å². The fraction of sp³-hybridized carbons (Fsp3) is 0.364. The van der Waals surface area contributed by atoms with Crippen LogP contribution < -0.4 is 4.74 Å². The molecule has 1 N–H and O–H groups in total. The maximum Gasteiger partial charge on any atom is 0.122 e. The molecule has 0 bridgehead atoms. The highest BCUT2D eigenvalue weighted by Crippen LogP contribution is 2.34. The van der Waals surface area contributed by atoms with Gasteiger partial charge >= 0.3 is 0 Å². The Morgan fingerprint density at radius 2 is 1.81 bits per heavy atom. The second-order valence-electron chi connectivity index (χ2n) is 7.64. The molecule has 0 saturated heterocycles. The first-order valence-electron chi connectivity index (χ1n) is 9.08. The lowest BCUT2D eigenvalue weighted by Gasteiger charge is -2.14. The zero-order valence-electron chi connectivity index (χ0n) is 16.5. The molecule has 0 spiro atoms. The van der Waals surface area contributed by atoms with Gasteiger partial charge in [-0.05, 0) is 56.7 Å². The largest absolute Gasteiger partial charge is 0.494 e. The summed E-state index contributed by atoms with van der Waals surface area (Å²) in [4.78, 5) is 13.1.